The molecule has 0 heterocycles. The van der Waals surface area contributed by atoms with Crippen molar-refractivity contribution in [2.75, 3.05) is 0 Å². The Hall–Kier alpha value is -1.68. The van der Waals surface area contributed by atoms with E-state index < -0.39 is 9.84 Å². The standard InChI is InChI=1S/C27H38O3S/c1-19(2)24-12-9-22-17-25(21(4)18-28)26(5,13-14-27(22,24)6)15-16-31(29,30)23-10-7-20(3)8-11-23/h7-11,15-16,18-19,21,24-25H,12-14,17H2,1-6H3/b16-15+/t21?,24-,25?,26?,27+/m0/s1. The Bertz CT molecular complexity index is 970. The van der Waals surface area contributed by atoms with Crippen LogP contribution in [0.5, 0.6) is 0 Å². The molecule has 3 nitrogen and oxygen atoms in total. The molecule has 0 N–H and O–H groups in total. The maximum Gasteiger partial charge on any atom is 0.199 e. The highest BCUT2D eigenvalue weighted by atomic mass is 32.2. The molecule has 0 amide bonds. The monoisotopic (exact) mass is 442 g/mol. The van der Waals surface area contributed by atoms with Gasteiger partial charge in [0.25, 0.3) is 0 Å². The number of sulfone groups is 1. The van der Waals surface area contributed by atoms with Crippen molar-refractivity contribution in [3.63, 3.8) is 0 Å². The Morgan fingerprint density at radius 1 is 1.03 bits per heavy atom. The molecule has 170 valence electrons. The molecule has 0 aromatic heterocycles. The first-order chi connectivity index (χ1) is 14.4. The number of hydrogen-bond donors (Lipinski definition) is 0. The molecule has 2 aliphatic rings. The number of rotatable bonds is 6. The van der Waals surface area contributed by atoms with Crippen molar-refractivity contribution in [3.8, 4) is 0 Å². The summed E-state index contributed by atoms with van der Waals surface area (Å²) in [5.74, 6) is 1.17. The third-order valence-electron chi connectivity index (χ3n) is 8.27. The van der Waals surface area contributed by atoms with Gasteiger partial charge in [0.2, 0.25) is 0 Å². The Labute approximate surface area is 188 Å². The summed E-state index contributed by atoms with van der Waals surface area (Å²) in [4.78, 5) is 12.2. The predicted octanol–water partition coefficient (Wildman–Crippen LogP) is 6.53. The van der Waals surface area contributed by atoms with E-state index in [2.05, 4.69) is 33.8 Å². The van der Waals surface area contributed by atoms with Crippen LogP contribution in [0.2, 0.25) is 0 Å². The highest BCUT2D eigenvalue weighted by molar-refractivity contribution is 7.94. The first kappa shape index (κ1) is 24.0. The topological polar surface area (TPSA) is 51.2 Å². The van der Waals surface area contributed by atoms with Gasteiger partial charge in [0.15, 0.2) is 9.84 Å². The molecule has 3 rings (SSSR count). The molecule has 31 heavy (non-hydrogen) atoms. The van der Waals surface area contributed by atoms with E-state index in [1.807, 2.05) is 32.1 Å². The molecule has 1 saturated carbocycles. The fraction of sp³-hybridized carbons (Fsp3) is 0.593. The van der Waals surface area contributed by atoms with Gasteiger partial charge in [0.05, 0.1) is 4.90 Å². The first-order valence-electron chi connectivity index (χ1n) is 11.6. The number of allylic oxidation sites excluding steroid dienone is 3. The summed E-state index contributed by atoms with van der Waals surface area (Å²) in [6, 6.07) is 6.98. The zero-order valence-corrected chi connectivity index (χ0v) is 20.7. The zero-order valence-electron chi connectivity index (χ0n) is 19.9. The SMILES string of the molecule is Cc1ccc(S(=O)(=O)/C=C/C2(C)CC[C@]3(C)C(=CC[C@H]3C(C)C)CC2C(C)C=O)cc1. The first-order valence-corrected chi connectivity index (χ1v) is 13.1. The summed E-state index contributed by atoms with van der Waals surface area (Å²) >= 11 is 0. The van der Waals surface area contributed by atoms with Crippen LogP contribution in [-0.2, 0) is 14.6 Å². The fourth-order valence-electron chi connectivity index (χ4n) is 6.00. The van der Waals surface area contributed by atoms with Gasteiger partial charge >= 0.3 is 0 Å². The molecule has 0 spiro atoms. The van der Waals surface area contributed by atoms with Crippen LogP contribution in [0, 0.1) is 41.4 Å². The lowest BCUT2D eigenvalue weighted by Crippen LogP contribution is -2.30. The van der Waals surface area contributed by atoms with Crippen molar-refractivity contribution in [2.45, 2.75) is 72.1 Å². The second-order valence-corrected chi connectivity index (χ2v) is 12.5. The summed E-state index contributed by atoms with van der Waals surface area (Å²) in [6.07, 6.45) is 9.23. The lowest BCUT2D eigenvalue weighted by atomic mass is 9.67. The summed E-state index contributed by atoms with van der Waals surface area (Å²) in [7, 11) is -3.52. The molecule has 4 heteroatoms. The Kier molecular flexibility index (Phi) is 6.72. The number of hydrogen-bond acceptors (Lipinski definition) is 3. The zero-order chi connectivity index (χ0) is 23.0. The number of fused-ring (bicyclic) bond motifs is 1. The minimum absolute atomic E-state index is 0.0912. The molecule has 0 aliphatic heterocycles. The molecule has 1 aromatic carbocycles. The van der Waals surface area contributed by atoms with Crippen LogP contribution in [-0.4, -0.2) is 14.7 Å². The summed E-state index contributed by atoms with van der Waals surface area (Å²) in [5.41, 5.74) is 2.29. The second-order valence-electron chi connectivity index (χ2n) is 10.7. The van der Waals surface area contributed by atoms with Gasteiger partial charge in [-0.15, -0.1) is 0 Å². The summed E-state index contributed by atoms with van der Waals surface area (Å²) < 4.78 is 26.0. The predicted molar refractivity (Wildman–Crippen MR) is 127 cm³/mol. The summed E-state index contributed by atoms with van der Waals surface area (Å²) in [5, 5.41) is 1.39. The highest BCUT2D eigenvalue weighted by Crippen LogP contribution is 2.59. The molecule has 0 radical (unpaired) electrons. The number of aryl methyl sites for hydroxylation is 1. The van der Waals surface area contributed by atoms with Gasteiger partial charge in [-0.1, -0.05) is 70.0 Å². The number of carbonyl (C=O) groups excluding carboxylic acids is 1. The average Bonchev–Trinajstić information content (AvgIpc) is 3.00. The van der Waals surface area contributed by atoms with E-state index in [-0.39, 0.29) is 22.7 Å². The highest BCUT2D eigenvalue weighted by Gasteiger charge is 2.49. The largest absolute Gasteiger partial charge is 0.303 e. The lowest BCUT2D eigenvalue weighted by molar-refractivity contribution is -0.113. The smallest absolute Gasteiger partial charge is 0.199 e. The molecule has 1 fully saturated rings. The van der Waals surface area contributed by atoms with Crippen molar-refractivity contribution < 1.29 is 13.2 Å². The summed E-state index contributed by atoms with van der Waals surface area (Å²) in [6.45, 7) is 13.1. The number of carbonyl (C=O) groups is 1. The van der Waals surface area contributed by atoms with E-state index in [9.17, 15) is 13.2 Å². The average molecular weight is 443 g/mol. The lowest BCUT2D eigenvalue weighted by Gasteiger charge is -2.37. The van der Waals surface area contributed by atoms with Crippen LogP contribution in [0.1, 0.15) is 65.9 Å². The van der Waals surface area contributed by atoms with E-state index >= 15 is 0 Å². The van der Waals surface area contributed by atoms with Crippen LogP contribution >= 0.6 is 0 Å². The van der Waals surface area contributed by atoms with Gasteiger partial charge in [-0.05, 0) is 73.3 Å². The van der Waals surface area contributed by atoms with Crippen LogP contribution in [0.15, 0.2) is 52.3 Å². The third kappa shape index (κ3) is 4.60. The number of aldehydes is 1. The van der Waals surface area contributed by atoms with Crippen molar-refractivity contribution >= 4 is 16.1 Å². The molecule has 1 aromatic rings. The molecule has 3 unspecified atom stereocenters. The maximum atomic E-state index is 13.0. The normalized spacial score (nSPS) is 32.5. The van der Waals surface area contributed by atoms with Gasteiger partial charge in [-0.3, -0.25) is 0 Å². The fourth-order valence-corrected chi connectivity index (χ4v) is 7.16. The van der Waals surface area contributed by atoms with Crippen LogP contribution in [0.25, 0.3) is 0 Å². The van der Waals surface area contributed by atoms with Crippen molar-refractivity contribution in [1.82, 2.24) is 0 Å². The second kappa shape index (κ2) is 8.69. The molecular weight excluding hydrogens is 404 g/mol. The molecule has 2 aliphatic carbocycles. The van der Waals surface area contributed by atoms with Gasteiger partial charge in [-0.2, -0.15) is 0 Å². The Morgan fingerprint density at radius 3 is 2.26 bits per heavy atom. The quantitative estimate of drug-likeness (QED) is 0.372. The van der Waals surface area contributed by atoms with Crippen molar-refractivity contribution in [1.29, 1.82) is 0 Å². The minimum atomic E-state index is -3.52. The van der Waals surface area contributed by atoms with E-state index in [1.165, 1.54) is 11.0 Å². The van der Waals surface area contributed by atoms with Crippen LogP contribution in [0.3, 0.4) is 0 Å². The maximum absolute atomic E-state index is 13.0. The molecule has 5 atom stereocenters. The van der Waals surface area contributed by atoms with E-state index in [0.29, 0.717) is 16.7 Å². The molecular formula is C27H38O3S. The Balaban J connectivity index is 1.97. The third-order valence-corrected chi connectivity index (χ3v) is 9.70. The van der Waals surface area contributed by atoms with Crippen molar-refractivity contribution in [2.24, 2.45) is 34.5 Å². The Morgan fingerprint density at radius 2 is 1.68 bits per heavy atom. The van der Waals surface area contributed by atoms with E-state index in [0.717, 1.165) is 37.5 Å². The van der Waals surface area contributed by atoms with Gasteiger partial charge in [-0.25, -0.2) is 8.42 Å². The molecule has 0 bridgehead atoms. The minimum Gasteiger partial charge on any atom is -0.303 e. The van der Waals surface area contributed by atoms with Gasteiger partial charge in [0, 0.05) is 11.3 Å². The van der Waals surface area contributed by atoms with Crippen molar-refractivity contribution in [3.05, 3.63) is 53.0 Å². The van der Waals surface area contributed by atoms with Crippen LogP contribution in [0.4, 0.5) is 0 Å². The van der Waals surface area contributed by atoms with Gasteiger partial charge in [0.1, 0.15) is 6.29 Å². The van der Waals surface area contributed by atoms with E-state index in [1.54, 1.807) is 12.1 Å². The van der Waals surface area contributed by atoms with Gasteiger partial charge < -0.3 is 4.79 Å². The van der Waals surface area contributed by atoms with Crippen LogP contribution < -0.4 is 0 Å². The molecule has 0 saturated heterocycles. The van der Waals surface area contributed by atoms with E-state index in [4.69, 9.17) is 0 Å². The number of benzene rings is 1.